The van der Waals surface area contributed by atoms with Gasteiger partial charge in [-0.3, -0.25) is 0 Å². The summed E-state index contributed by atoms with van der Waals surface area (Å²) in [4.78, 5) is 0. The number of nitrogens with zero attached hydrogens (tertiary/aromatic N) is 2. The van der Waals surface area contributed by atoms with E-state index in [-0.39, 0.29) is 12.3 Å². The Labute approximate surface area is 91.9 Å². The number of nitrogens with two attached hydrogens (primary N) is 1. The fraction of sp³-hybridized carbons (Fsp3) is 0.100. The number of rotatable bonds is 2. The van der Waals surface area contributed by atoms with Crippen LogP contribution in [0.3, 0.4) is 0 Å². The van der Waals surface area contributed by atoms with Crippen LogP contribution >= 0.6 is 11.6 Å². The van der Waals surface area contributed by atoms with Crippen LogP contribution in [0.5, 0.6) is 5.75 Å². The van der Waals surface area contributed by atoms with Gasteiger partial charge in [0.25, 0.3) is 0 Å². The topological polar surface area (TPSA) is 64.1 Å². The highest BCUT2D eigenvalue weighted by molar-refractivity contribution is 6.30. The van der Waals surface area contributed by atoms with Crippen molar-refractivity contribution in [1.29, 1.82) is 0 Å². The molecule has 1 aromatic heterocycles. The van der Waals surface area contributed by atoms with Crippen molar-refractivity contribution in [2.75, 3.05) is 0 Å². The second-order valence-corrected chi connectivity index (χ2v) is 3.56. The number of aromatic nitrogens is 2. The molecule has 0 saturated carbocycles. The molecule has 0 saturated heterocycles. The van der Waals surface area contributed by atoms with Crippen LogP contribution in [0.25, 0.3) is 5.69 Å². The molecule has 2 aromatic rings. The van der Waals surface area contributed by atoms with Gasteiger partial charge < -0.3 is 10.8 Å². The Morgan fingerprint density at radius 2 is 2.27 bits per heavy atom. The number of hydrogen-bond acceptors (Lipinski definition) is 3. The van der Waals surface area contributed by atoms with Crippen LogP contribution in [-0.4, -0.2) is 14.9 Å². The predicted octanol–water partition coefficient (Wildman–Crippen LogP) is 1.69. The first-order valence-electron chi connectivity index (χ1n) is 4.43. The molecule has 0 bridgehead atoms. The van der Waals surface area contributed by atoms with Crippen LogP contribution in [-0.2, 0) is 6.54 Å². The Kier molecular flexibility index (Phi) is 2.62. The zero-order chi connectivity index (χ0) is 10.8. The number of benzene rings is 1. The zero-order valence-corrected chi connectivity index (χ0v) is 8.65. The lowest BCUT2D eigenvalue weighted by molar-refractivity contribution is 0.468. The first-order chi connectivity index (χ1) is 7.20. The Hall–Kier alpha value is -1.52. The molecule has 4 nitrogen and oxygen atoms in total. The molecule has 0 atom stereocenters. The fourth-order valence-corrected chi connectivity index (χ4v) is 1.46. The highest BCUT2D eigenvalue weighted by Crippen LogP contribution is 2.20. The van der Waals surface area contributed by atoms with Crippen molar-refractivity contribution in [2.24, 2.45) is 5.73 Å². The van der Waals surface area contributed by atoms with Crippen molar-refractivity contribution < 1.29 is 5.11 Å². The number of aromatic hydroxyl groups is 1. The molecular formula is C10H10ClN3O. The maximum Gasteiger partial charge on any atom is 0.120 e. The molecule has 0 radical (unpaired) electrons. The van der Waals surface area contributed by atoms with E-state index >= 15 is 0 Å². The first kappa shape index (κ1) is 10.0. The molecule has 2 rings (SSSR count). The van der Waals surface area contributed by atoms with Crippen molar-refractivity contribution in [3.63, 3.8) is 0 Å². The second-order valence-electron chi connectivity index (χ2n) is 3.12. The molecule has 78 valence electrons. The highest BCUT2D eigenvalue weighted by atomic mass is 35.5. The van der Waals surface area contributed by atoms with E-state index < -0.39 is 0 Å². The minimum atomic E-state index is 0.194. The summed E-state index contributed by atoms with van der Waals surface area (Å²) in [6.07, 6.45) is 3.24. The van der Waals surface area contributed by atoms with Gasteiger partial charge in [0.1, 0.15) is 5.75 Å². The van der Waals surface area contributed by atoms with Gasteiger partial charge in [0, 0.05) is 18.3 Å². The van der Waals surface area contributed by atoms with Crippen LogP contribution in [0.15, 0.2) is 30.6 Å². The van der Waals surface area contributed by atoms with Gasteiger partial charge in [-0.05, 0) is 18.2 Å². The van der Waals surface area contributed by atoms with Gasteiger partial charge in [0.2, 0.25) is 0 Å². The van der Waals surface area contributed by atoms with Crippen LogP contribution in [0.1, 0.15) is 5.56 Å². The van der Waals surface area contributed by atoms with Gasteiger partial charge in [-0.25, -0.2) is 4.68 Å². The van der Waals surface area contributed by atoms with E-state index in [0.717, 1.165) is 5.69 Å². The number of phenolic OH excluding ortho intramolecular Hbond substituents is 1. The average Bonchev–Trinajstić information content (AvgIpc) is 2.66. The molecule has 0 spiro atoms. The molecule has 0 fully saturated rings. The Bertz CT molecular complexity index is 481. The van der Waals surface area contributed by atoms with Crippen LogP contribution < -0.4 is 5.73 Å². The van der Waals surface area contributed by atoms with Gasteiger partial charge >= 0.3 is 0 Å². The second kappa shape index (κ2) is 3.92. The van der Waals surface area contributed by atoms with E-state index in [1.54, 1.807) is 35.3 Å². The number of phenols is 1. The smallest absolute Gasteiger partial charge is 0.120 e. The van der Waals surface area contributed by atoms with Gasteiger partial charge in [-0.2, -0.15) is 5.10 Å². The summed E-state index contributed by atoms with van der Waals surface area (Å²) in [7, 11) is 0. The maximum absolute atomic E-state index is 9.45. The largest absolute Gasteiger partial charge is 0.508 e. The van der Waals surface area contributed by atoms with Crippen molar-refractivity contribution >= 4 is 11.6 Å². The third-order valence-corrected chi connectivity index (χ3v) is 2.29. The van der Waals surface area contributed by atoms with Gasteiger partial charge in [-0.1, -0.05) is 11.6 Å². The van der Waals surface area contributed by atoms with Crippen molar-refractivity contribution in [3.8, 4) is 11.4 Å². The van der Waals surface area contributed by atoms with E-state index in [2.05, 4.69) is 5.10 Å². The minimum absolute atomic E-state index is 0.194. The molecule has 15 heavy (non-hydrogen) atoms. The number of hydrogen-bond donors (Lipinski definition) is 2. The quantitative estimate of drug-likeness (QED) is 0.815. The lowest BCUT2D eigenvalue weighted by Crippen LogP contribution is -2.00. The van der Waals surface area contributed by atoms with E-state index in [1.165, 1.54) is 0 Å². The molecule has 0 aliphatic rings. The van der Waals surface area contributed by atoms with Crippen molar-refractivity contribution in [3.05, 3.63) is 41.2 Å². The molecule has 0 amide bonds. The lowest BCUT2D eigenvalue weighted by atomic mass is 10.2. The fourth-order valence-electron chi connectivity index (χ4n) is 1.32. The molecule has 1 aromatic carbocycles. The summed E-state index contributed by atoms with van der Waals surface area (Å²) >= 11 is 5.76. The summed E-state index contributed by atoms with van der Waals surface area (Å²) in [6.45, 7) is 0.286. The highest BCUT2D eigenvalue weighted by Gasteiger charge is 2.03. The Balaban J connectivity index is 2.45. The molecule has 5 heteroatoms. The summed E-state index contributed by atoms with van der Waals surface area (Å²) in [5.41, 5.74) is 6.99. The van der Waals surface area contributed by atoms with Gasteiger partial charge in [-0.15, -0.1) is 0 Å². The third kappa shape index (κ3) is 1.95. The van der Waals surface area contributed by atoms with E-state index in [9.17, 15) is 5.11 Å². The van der Waals surface area contributed by atoms with Gasteiger partial charge in [0.05, 0.1) is 16.9 Å². The summed E-state index contributed by atoms with van der Waals surface area (Å²) in [6, 6.07) is 5.11. The van der Waals surface area contributed by atoms with Crippen LogP contribution in [0.2, 0.25) is 5.02 Å². The minimum Gasteiger partial charge on any atom is -0.508 e. The van der Waals surface area contributed by atoms with E-state index in [0.29, 0.717) is 10.6 Å². The third-order valence-electron chi connectivity index (χ3n) is 2.10. The normalized spacial score (nSPS) is 10.5. The standard InChI is InChI=1S/C10H10ClN3O/c11-8-5-13-14(6-8)9-1-2-10(15)7(3-9)4-12/h1-3,5-6,15H,4,12H2. The van der Waals surface area contributed by atoms with Crippen LogP contribution in [0, 0.1) is 0 Å². The zero-order valence-electron chi connectivity index (χ0n) is 7.89. The Morgan fingerprint density at radius 1 is 1.47 bits per heavy atom. The predicted molar refractivity (Wildman–Crippen MR) is 58.1 cm³/mol. The maximum atomic E-state index is 9.45. The first-order valence-corrected chi connectivity index (χ1v) is 4.81. The molecular weight excluding hydrogens is 214 g/mol. The summed E-state index contributed by atoms with van der Waals surface area (Å²) < 4.78 is 1.63. The van der Waals surface area contributed by atoms with Crippen molar-refractivity contribution in [2.45, 2.75) is 6.54 Å². The molecule has 1 heterocycles. The van der Waals surface area contributed by atoms with Crippen LogP contribution in [0.4, 0.5) is 0 Å². The molecule has 0 aliphatic heterocycles. The molecule has 0 unspecified atom stereocenters. The van der Waals surface area contributed by atoms with Gasteiger partial charge in [0.15, 0.2) is 0 Å². The Morgan fingerprint density at radius 3 is 2.87 bits per heavy atom. The summed E-state index contributed by atoms with van der Waals surface area (Å²) in [5.74, 6) is 0.194. The van der Waals surface area contributed by atoms with E-state index in [4.69, 9.17) is 17.3 Å². The lowest BCUT2D eigenvalue weighted by Gasteiger charge is -2.05. The van der Waals surface area contributed by atoms with E-state index in [1.807, 2.05) is 0 Å². The summed E-state index contributed by atoms with van der Waals surface area (Å²) in [5, 5.41) is 14.1. The van der Waals surface area contributed by atoms with Crippen molar-refractivity contribution in [1.82, 2.24) is 9.78 Å². The molecule has 3 N–H and O–H groups in total. The average molecular weight is 224 g/mol. The monoisotopic (exact) mass is 223 g/mol. The molecule has 0 aliphatic carbocycles. The SMILES string of the molecule is NCc1cc(-n2cc(Cl)cn2)ccc1O. The number of halogens is 1.